The number of nitrogens with zero attached hydrogens (tertiary/aromatic N) is 5. The van der Waals surface area contributed by atoms with E-state index >= 15 is 0 Å². The summed E-state index contributed by atoms with van der Waals surface area (Å²) in [4.78, 5) is 16.7. The van der Waals surface area contributed by atoms with Crippen molar-refractivity contribution in [3.63, 3.8) is 0 Å². The Morgan fingerprint density at radius 1 is 1.03 bits per heavy atom. The SMILES string of the molecule is CN(C)c1ccc(/C=C/CN2CCCC(c3ccnc(SCCN4CCCC4)n3)C2)cc1. The van der Waals surface area contributed by atoms with Gasteiger partial charge in [-0.25, -0.2) is 9.97 Å². The average molecular weight is 452 g/mol. The van der Waals surface area contributed by atoms with Crippen LogP contribution in [0.2, 0.25) is 0 Å². The second-order valence-corrected chi connectivity index (χ2v) is 10.2. The summed E-state index contributed by atoms with van der Waals surface area (Å²) in [6, 6.07) is 10.9. The molecule has 0 bridgehead atoms. The summed E-state index contributed by atoms with van der Waals surface area (Å²) in [5, 5.41) is 0.944. The van der Waals surface area contributed by atoms with Crippen LogP contribution >= 0.6 is 11.8 Å². The maximum absolute atomic E-state index is 4.93. The third kappa shape index (κ3) is 6.80. The molecule has 1 atom stereocenters. The van der Waals surface area contributed by atoms with Crippen LogP contribution in [0.5, 0.6) is 0 Å². The number of benzene rings is 1. The fraction of sp³-hybridized carbons (Fsp3) is 0.538. The molecule has 1 aromatic carbocycles. The van der Waals surface area contributed by atoms with E-state index in [1.165, 1.54) is 62.3 Å². The first-order valence-electron chi connectivity index (χ1n) is 12.0. The maximum Gasteiger partial charge on any atom is 0.187 e. The lowest BCUT2D eigenvalue weighted by molar-refractivity contribution is 0.226. The van der Waals surface area contributed by atoms with E-state index in [0.717, 1.165) is 30.5 Å². The maximum atomic E-state index is 4.93. The lowest BCUT2D eigenvalue weighted by Gasteiger charge is -2.31. The van der Waals surface area contributed by atoms with Crippen molar-refractivity contribution in [2.45, 2.75) is 36.8 Å². The molecule has 2 fully saturated rings. The lowest BCUT2D eigenvalue weighted by Crippen LogP contribution is -2.34. The molecule has 2 aromatic rings. The van der Waals surface area contributed by atoms with Gasteiger partial charge in [0.2, 0.25) is 0 Å². The van der Waals surface area contributed by atoms with Crippen molar-refractivity contribution < 1.29 is 0 Å². The van der Waals surface area contributed by atoms with Gasteiger partial charge in [-0.05, 0) is 69.1 Å². The first kappa shape index (κ1) is 23.3. The van der Waals surface area contributed by atoms with Crippen LogP contribution < -0.4 is 4.90 Å². The number of aromatic nitrogens is 2. The molecule has 32 heavy (non-hydrogen) atoms. The molecule has 1 aromatic heterocycles. The van der Waals surface area contributed by atoms with Crippen molar-refractivity contribution in [2.24, 2.45) is 0 Å². The molecular weight excluding hydrogens is 414 g/mol. The number of anilines is 1. The zero-order valence-corrected chi connectivity index (χ0v) is 20.4. The minimum atomic E-state index is 0.512. The van der Waals surface area contributed by atoms with Gasteiger partial charge in [-0.3, -0.25) is 4.90 Å². The van der Waals surface area contributed by atoms with E-state index in [2.05, 4.69) is 76.3 Å². The minimum Gasteiger partial charge on any atom is -0.378 e. The van der Waals surface area contributed by atoms with E-state index in [-0.39, 0.29) is 0 Å². The molecule has 1 unspecified atom stereocenters. The molecule has 0 saturated carbocycles. The third-order valence-electron chi connectivity index (χ3n) is 6.50. The van der Waals surface area contributed by atoms with Gasteiger partial charge in [0.15, 0.2) is 5.16 Å². The van der Waals surface area contributed by atoms with Gasteiger partial charge in [0, 0.05) is 63.0 Å². The summed E-state index contributed by atoms with van der Waals surface area (Å²) in [6.45, 7) is 6.92. The number of hydrogen-bond donors (Lipinski definition) is 0. The Kier molecular flexibility index (Phi) is 8.60. The fourth-order valence-electron chi connectivity index (χ4n) is 4.61. The van der Waals surface area contributed by atoms with Crippen molar-refractivity contribution in [3.8, 4) is 0 Å². The van der Waals surface area contributed by atoms with Gasteiger partial charge in [-0.1, -0.05) is 36.0 Å². The summed E-state index contributed by atoms with van der Waals surface area (Å²) >= 11 is 1.81. The van der Waals surface area contributed by atoms with Gasteiger partial charge < -0.3 is 9.80 Å². The molecule has 0 aliphatic carbocycles. The quantitative estimate of drug-likeness (QED) is 0.409. The number of hydrogen-bond acceptors (Lipinski definition) is 6. The average Bonchev–Trinajstić information content (AvgIpc) is 3.33. The van der Waals surface area contributed by atoms with Crippen molar-refractivity contribution in [3.05, 3.63) is 53.9 Å². The second-order valence-electron chi connectivity index (χ2n) is 9.15. The van der Waals surface area contributed by atoms with Gasteiger partial charge in [0.05, 0.1) is 0 Å². The molecule has 2 saturated heterocycles. The van der Waals surface area contributed by atoms with Gasteiger partial charge in [-0.15, -0.1) is 0 Å². The highest BCUT2D eigenvalue weighted by atomic mass is 32.2. The molecule has 6 heteroatoms. The van der Waals surface area contributed by atoms with Crippen molar-refractivity contribution in [1.82, 2.24) is 19.8 Å². The summed E-state index contributed by atoms with van der Waals surface area (Å²) in [6.07, 6.45) is 11.7. The van der Waals surface area contributed by atoms with Crippen molar-refractivity contribution >= 4 is 23.5 Å². The van der Waals surface area contributed by atoms with Crippen LogP contribution in [-0.4, -0.2) is 78.9 Å². The minimum absolute atomic E-state index is 0.512. The number of rotatable bonds is 9. The molecular formula is C26H37N5S. The van der Waals surface area contributed by atoms with Crippen LogP contribution in [0, 0.1) is 0 Å². The van der Waals surface area contributed by atoms with E-state index in [4.69, 9.17) is 4.98 Å². The van der Waals surface area contributed by atoms with E-state index in [9.17, 15) is 0 Å². The number of thioether (sulfide) groups is 1. The van der Waals surface area contributed by atoms with Crippen molar-refractivity contribution in [2.75, 3.05) is 64.0 Å². The summed E-state index contributed by atoms with van der Waals surface area (Å²) in [7, 11) is 4.15. The molecule has 0 radical (unpaired) electrons. The molecule has 0 amide bonds. The highest BCUT2D eigenvalue weighted by molar-refractivity contribution is 7.99. The zero-order chi connectivity index (χ0) is 22.2. The second kappa shape index (κ2) is 11.8. The highest BCUT2D eigenvalue weighted by Gasteiger charge is 2.22. The van der Waals surface area contributed by atoms with Gasteiger partial charge in [-0.2, -0.15) is 0 Å². The van der Waals surface area contributed by atoms with Crippen LogP contribution in [0.15, 0.2) is 47.8 Å². The predicted molar refractivity (Wildman–Crippen MR) is 137 cm³/mol. The van der Waals surface area contributed by atoms with Crippen LogP contribution in [-0.2, 0) is 0 Å². The Hall–Kier alpha value is -1.89. The number of likely N-dealkylation sites (tertiary alicyclic amines) is 2. The zero-order valence-electron chi connectivity index (χ0n) is 19.6. The molecule has 3 heterocycles. The Bertz CT molecular complexity index is 861. The topological polar surface area (TPSA) is 35.5 Å². The molecule has 4 rings (SSSR count). The monoisotopic (exact) mass is 451 g/mol. The Morgan fingerprint density at radius 2 is 1.81 bits per heavy atom. The van der Waals surface area contributed by atoms with Crippen LogP contribution in [0.3, 0.4) is 0 Å². The first-order chi connectivity index (χ1) is 15.7. The van der Waals surface area contributed by atoms with Gasteiger partial charge in [0.1, 0.15) is 0 Å². The molecule has 2 aliphatic heterocycles. The van der Waals surface area contributed by atoms with Gasteiger partial charge >= 0.3 is 0 Å². The molecule has 0 N–H and O–H groups in total. The Balaban J connectivity index is 1.26. The highest BCUT2D eigenvalue weighted by Crippen LogP contribution is 2.27. The normalized spacial score (nSPS) is 20.2. The van der Waals surface area contributed by atoms with E-state index < -0.39 is 0 Å². The summed E-state index contributed by atoms with van der Waals surface area (Å²) in [5.41, 5.74) is 3.71. The third-order valence-corrected chi connectivity index (χ3v) is 7.34. The van der Waals surface area contributed by atoms with Crippen LogP contribution in [0.1, 0.15) is 42.9 Å². The van der Waals surface area contributed by atoms with Crippen LogP contribution in [0.25, 0.3) is 6.08 Å². The van der Waals surface area contributed by atoms with E-state index in [0.29, 0.717) is 5.92 Å². The Labute approximate surface area is 197 Å². The Morgan fingerprint density at radius 3 is 2.59 bits per heavy atom. The molecule has 5 nitrogen and oxygen atoms in total. The van der Waals surface area contributed by atoms with Gasteiger partial charge in [0.25, 0.3) is 0 Å². The fourth-order valence-corrected chi connectivity index (χ4v) is 5.44. The largest absolute Gasteiger partial charge is 0.378 e. The smallest absolute Gasteiger partial charge is 0.187 e. The summed E-state index contributed by atoms with van der Waals surface area (Å²) in [5.74, 6) is 1.60. The standard InChI is InChI=1S/C26H37N5S/c1-29(2)24-11-9-22(10-12-24)7-5-17-31-18-6-8-23(21-31)25-13-14-27-26(28-25)32-20-19-30-15-3-4-16-30/h5,7,9-14,23H,3-4,6,8,15-21H2,1-2H3/b7-5+. The predicted octanol–water partition coefficient (Wildman–Crippen LogP) is 4.62. The van der Waals surface area contributed by atoms with Crippen LogP contribution in [0.4, 0.5) is 5.69 Å². The first-order valence-corrected chi connectivity index (χ1v) is 13.0. The lowest BCUT2D eigenvalue weighted by atomic mass is 9.94. The van der Waals surface area contributed by atoms with E-state index in [1.807, 2.05) is 18.0 Å². The molecule has 2 aliphatic rings. The molecule has 0 spiro atoms. The number of piperidine rings is 1. The molecule has 172 valence electrons. The van der Waals surface area contributed by atoms with Crippen molar-refractivity contribution in [1.29, 1.82) is 0 Å². The van der Waals surface area contributed by atoms with E-state index in [1.54, 1.807) is 0 Å². The summed E-state index contributed by atoms with van der Waals surface area (Å²) < 4.78 is 0.